The van der Waals surface area contributed by atoms with Crippen molar-refractivity contribution in [1.29, 1.82) is 0 Å². The lowest BCUT2D eigenvalue weighted by molar-refractivity contribution is 0.834. The molecule has 1 unspecified atom stereocenters. The van der Waals surface area contributed by atoms with Gasteiger partial charge in [0.1, 0.15) is 18.0 Å². The third kappa shape index (κ3) is 3.47. The first-order valence-electron chi connectivity index (χ1n) is 7.13. The summed E-state index contributed by atoms with van der Waals surface area (Å²) in [6.45, 7) is 8.29. The predicted octanol–water partition coefficient (Wildman–Crippen LogP) is 3.50. The van der Waals surface area contributed by atoms with Crippen LogP contribution in [0.1, 0.15) is 32.4 Å². The van der Waals surface area contributed by atoms with Crippen LogP contribution in [0.4, 0.5) is 11.6 Å². The maximum Gasteiger partial charge on any atom is 0.134 e. The molecule has 1 heterocycles. The van der Waals surface area contributed by atoms with Crippen molar-refractivity contribution in [3.05, 3.63) is 48.3 Å². The van der Waals surface area contributed by atoms with E-state index in [0.717, 1.165) is 24.7 Å². The van der Waals surface area contributed by atoms with Crippen LogP contribution in [0.2, 0.25) is 0 Å². The second-order valence-electron chi connectivity index (χ2n) is 4.71. The van der Waals surface area contributed by atoms with E-state index < -0.39 is 0 Å². The van der Waals surface area contributed by atoms with Crippen LogP contribution in [0.5, 0.6) is 0 Å². The third-order valence-corrected chi connectivity index (χ3v) is 3.40. The number of benzene rings is 1. The molecule has 0 aliphatic rings. The van der Waals surface area contributed by atoms with Crippen LogP contribution in [-0.2, 0) is 0 Å². The summed E-state index contributed by atoms with van der Waals surface area (Å²) in [6, 6.07) is 12.6. The minimum atomic E-state index is 0.218. The number of hydrogen-bond acceptors (Lipinski definition) is 4. The Hall–Kier alpha value is -2.10. The minimum absolute atomic E-state index is 0.218. The van der Waals surface area contributed by atoms with E-state index in [1.807, 2.05) is 12.1 Å². The Kier molecular flexibility index (Phi) is 4.93. The molecule has 0 fully saturated rings. The highest BCUT2D eigenvalue weighted by atomic mass is 15.2. The Balaban J connectivity index is 2.12. The highest BCUT2D eigenvalue weighted by molar-refractivity contribution is 5.49. The van der Waals surface area contributed by atoms with Gasteiger partial charge < -0.3 is 10.2 Å². The molecule has 1 atom stereocenters. The third-order valence-electron chi connectivity index (χ3n) is 3.40. The Bertz CT molecular complexity index is 523. The molecule has 0 bridgehead atoms. The zero-order chi connectivity index (χ0) is 14.4. The summed E-state index contributed by atoms with van der Waals surface area (Å²) in [5, 5.41) is 3.42. The van der Waals surface area contributed by atoms with Crippen molar-refractivity contribution in [3.8, 4) is 0 Å². The van der Waals surface area contributed by atoms with Gasteiger partial charge in [-0.15, -0.1) is 0 Å². The fourth-order valence-corrected chi connectivity index (χ4v) is 2.19. The number of anilines is 2. The molecule has 2 aromatic rings. The standard InChI is InChI=1S/C16H22N4/c1-4-20(5-2)16-11-15(17-12-18-16)19-13(3)14-9-7-6-8-10-14/h6-13H,4-5H2,1-3H3,(H,17,18,19). The number of hydrogen-bond donors (Lipinski definition) is 1. The molecule has 4 heteroatoms. The number of nitrogens with one attached hydrogen (secondary N) is 1. The Morgan fingerprint density at radius 1 is 1.10 bits per heavy atom. The van der Waals surface area contributed by atoms with Crippen LogP contribution >= 0.6 is 0 Å². The van der Waals surface area contributed by atoms with Gasteiger partial charge in [0.05, 0.1) is 0 Å². The van der Waals surface area contributed by atoms with E-state index in [1.165, 1.54) is 5.56 Å². The smallest absolute Gasteiger partial charge is 0.134 e. The molecule has 0 radical (unpaired) electrons. The molecule has 4 nitrogen and oxygen atoms in total. The highest BCUT2D eigenvalue weighted by Gasteiger charge is 2.08. The zero-order valence-electron chi connectivity index (χ0n) is 12.4. The normalized spacial score (nSPS) is 11.9. The first kappa shape index (κ1) is 14.3. The van der Waals surface area contributed by atoms with E-state index in [2.05, 4.69) is 65.2 Å². The summed E-state index contributed by atoms with van der Waals surface area (Å²) in [5.41, 5.74) is 1.25. The lowest BCUT2D eigenvalue weighted by atomic mass is 10.1. The molecule has 1 N–H and O–H groups in total. The summed E-state index contributed by atoms with van der Waals surface area (Å²) in [4.78, 5) is 10.9. The van der Waals surface area contributed by atoms with Gasteiger partial charge in [0.25, 0.3) is 0 Å². The maximum absolute atomic E-state index is 4.34. The van der Waals surface area contributed by atoms with Gasteiger partial charge in [-0.25, -0.2) is 9.97 Å². The molecule has 2 rings (SSSR count). The molecule has 106 valence electrons. The van der Waals surface area contributed by atoms with Gasteiger partial charge in [-0.3, -0.25) is 0 Å². The predicted molar refractivity (Wildman–Crippen MR) is 84.1 cm³/mol. The molecule has 0 amide bonds. The zero-order valence-corrected chi connectivity index (χ0v) is 12.4. The van der Waals surface area contributed by atoms with Gasteiger partial charge >= 0.3 is 0 Å². The molecule has 20 heavy (non-hydrogen) atoms. The van der Waals surface area contributed by atoms with Crippen LogP contribution in [0, 0.1) is 0 Å². The van der Waals surface area contributed by atoms with Crippen LogP contribution in [0.25, 0.3) is 0 Å². The van der Waals surface area contributed by atoms with Crippen LogP contribution in [0.15, 0.2) is 42.7 Å². The fourth-order valence-electron chi connectivity index (χ4n) is 2.19. The maximum atomic E-state index is 4.34. The monoisotopic (exact) mass is 270 g/mol. The van der Waals surface area contributed by atoms with Crippen LogP contribution in [-0.4, -0.2) is 23.1 Å². The van der Waals surface area contributed by atoms with Crippen molar-refractivity contribution in [1.82, 2.24) is 9.97 Å². The molecule has 1 aromatic heterocycles. The van der Waals surface area contributed by atoms with E-state index >= 15 is 0 Å². The molecule has 0 saturated carbocycles. The molecule has 0 aliphatic carbocycles. The van der Waals surface area contributed by atoms with Gasteiger partial charge in [0.2, 0.25) is 0 Å². The van der Waals surface area contributed by atoms with Crippen LogP contribution < -0.4 is 10.2 Å². The fraction of sp³-hybridized carbons (Fsp3) is 0.375. The molecule has 0 spiro atoms. The van der Waals surface area contributed by atoms with E-state index in [1.54, 1.807) is 6.33 Å². The van der Waals surface area contributed by atoms with Gasteiger partial charge in [-0.05, 0) is 26.3 Å². The number of aromatic nitrogens is 2. The van der Waals surface area contributed by atoms with Gasteiger partial charge in [-0.2, -0.15) is 0 Å². The van der Waals surface area contributed by atoms with Crippen molar-refractivity contribution in [2.45, 2.75) is 26.8 Å². The molecular weight excluding hydrogens is 248 g/mol. The van der Waals surface area contributed by atoms with E-state index in [-0.39, 0.29) is 6.04 Å². The Labute approximate surface area is 120 Å². The largest absolute Gasteiger partial charge is 0.363 e. The van der Waals surface area contributed by atoms with Crippen molar-refractivity contribution in [3.63, 3.8) is 0 Å². The number of rotatable bonds is 6. The average Bonchev–Trinajstić information content (AvgIpc) is 2.50. The van der Waals surface area contributed by atoms with Gasteiger partial charge in [-0.1, -0.05) is 30.3 Å². The average molecular weight is 270 g/mol. The first-order chi connectivity index (χ1) is 9.74. The Morgan fingerprint density at radius 3 is 2.45 bits per heavy atom. The summed E-state index contributed by atoms with van der Waals surface area (Å²) >= 11 is 0. The van der Waals surface area contributed by atoms with Crippen molar-refractivity contribution >= 4 is 11.6 Å². The molecule has 1 aromatic carbocycles. The van der Waals surface area contributed by atoms with Crippen molar-refractivity contribution < 1.29 is 0 Å². The lowest BCUT2D eigenvalue weighted by Gasteiger charge is -2.21. The first-order valence-corrected chi connectivity index (χ1v) is 7.13. The summed E-state index contributed by atoms with van der Waals surface area (Å²) in [6.07, 6.45) is 1.62. The number of nitrogens with zero attached hydrogens (tertiary/aromatic N) is 3. The van der Waals surface area contributed by atoms with Gasteiger partial charge in [0, 0.05) is 25.2 Å². The van der Waals surface area contributed by atoms with E-state index in [0.29, 0.717) is 0 Å². The van der Waals surface area contributed by atoms with E-state index in [9.17, 15) is 0 Å². The molecule has 0 aliphatic heterocycles. The van der Waals surface area contributed by atoms with E-state index in [4.69, 9.17) is 0 Å². The highest BCUT2D eigenvalue weighted by Crippen LogP contribution is 2.19. The van der Waals surface area contributed by atoms with Gasteiger partial charge in [0.15, 0.2) is 0 Å². The topological polar surface area (TPSA) is 41.0 Å². The second kappa shape index (κ2) is 6.89. The summed E-state index contributed by atoms with van der Waals surface area (Å²) in [5.74, 6) is 1.83. The minimum Gasteiger partial charge on any atom is -0.363 e. The quantitative estimate of drug-likeness (QED) is 0.872. The van der Waals surface area contributed by atoms with Crippen LogP contribution in [0.3, 0.4) is 0 Å². The van der Waals surface area contributed by atoms with Crippen molar-refractivity contribution in [2.24, 2.45) is 0 Å². The molecular formula is C16H22N4. The Morgan fingerprint density at radius 2 is 1.80 bits per heavy atom. The SMILES string of the molecule is CCN(CC)c1cc(NC(C)c2ccccc2)ncn1. The summed E-state index contributed by atoms with van der Waals surface area (Å²) < 4.78 is 0. The van der Waals surface area contributed by atoms with Crippen molar-refractivity contribution in [2.75, 3.05) is 23.3 Å². The summed E-state index contributed by atoms with van der Waals surface area (Å²) in [7, 11) is 0. The molecule has 0 saturated heterocycles. The second-order valence-corrected chi connectivity index (χ2v) is 4.71. The lowest BCUT2D eigenvalue weighted by Crippen LogP contribution is -2.23.